The van der Waals surface area contributed by atoms with Gasteiger partial charge in [0.15, 0.2) is 0 Å². The molecule has 0 radical (unpaired) electrons. The molecule has 2 aromatic carbocycles. The van der Waals surface area contributed by atoms with Crippen LogP contribution in [0.25, 0.3) is 0 Å². The Hall–Kier alpha value is -2.63. The lowest BCUT2D eigenvalue weighted by molar-refractivity contribution is 0.0374. The molecule has 1 unspecified atom stereocenters. The second kappa shape index (κ2) is 11.1. The zero-order valence-corrected chi connectivity index (χ0v) is 18.7. The number of alkyl carbamates (subject to hydrolysis) is 1. The molecule has 5 heteroatoms. The first kappa shape index (κ1) is 23.0. The molecule has 0 aromatic heterocycles. The van der Waals surface area contributed by atoms with Crippen molar-refractivity contribution in [1.29, 1.82) is 0 Å². The second-order valence-corrected chi connectivity index (χ2v) is 8.92. The van der Waals surface area contributed by atoms with Crippen molar-refractivity contribution in [3.8, 4) is 0 Å². The Balaban J connectivity index is 1.59. The van der Waals surface area contributed by atoms with Gasteiger partial charge in [-0.05, 0) is 50.3 Å². The van der Waals surface area contributed by atoms with Crippen LogP contribution in [0.4, 0.5) is 4.79 Å². The Morgan fingerprint density at radius 3 is 2.16 bits per heavy atom. The van der Waals surface area contributed by atoms with Crippen molar-refractivity contribution in [3.63, 3.8) is 0 Å². The molecule has 2 aromatic rings. The van der Waals surface area contributed by atoms with Crippen LogP contribution in [0.5, 0.6) is 0 Å². The molecule has 31 heavy (non-hydrogen) atoms. The SMILES string of the molecule is CC(C)(C)OC(=O)N[C@@H]1CC(COCc2ccccc2)=CC(OCc2ccccc2)C1. The number of carbonyl (C=O) groups is 1. The van der Waals surface area contributed by atoms with Gasteiger partial charge in [0, 0.05) is 6.04 Å². The number of hydrogen-bond acceptors (Lipinski definition) is 4. The average molecular weight is 424 g/mol. The van der Waals surface area contributed by atoms with E-state index < -0.39 is 11.7 Å². The number of amides is 1. The number of benzene rings is 2. The summed E-state index contributed by atoms with van der Waals surface area (Å²) >= 11 is 0. The zero-order valence-electron chi connectivity index (χ0n) is 18.7. The van der Waals surface area contributed by atoms with Crippen LogP contribution in [-0.4, -0.2) is 30.4 Å². The van der Waals surface area contributed by atoms with Gasteiger partial charge in [0.25, 0.3) is 0 Å². The van der Waals surface area contributed by atoms with Gasteiger partial charge in [-0.15, -0.1) is 0 Å². The lowest BCUT2D eigenvalue weighted by atomic mass is 9.93. The van der Waals surface area contributed by atoms with Crippen LogP contribution in [0, 0.1) is 0 Å². The second-order valence-electron chi connectivity index (χ2n) is 8.92. The number of nitrogens with one attached hydrogen (secondary N) is 1. The third-order valence-corrected chi connectivity index (χ3v) is 4.87. The van der Waals surface area contributed by atoms with Crippen molar-refractivity contribution in [1.82, 2.24) is 5.32 Å². The predicted molar refractivity (Wildman–Crippen MR) is 122 cm³/mol. The zero-order chi connectivity index (χ0) is 22.1. The Morgan fingerprint density at radius 1 is 0.935 bits per heavy atom. The van der Waals surface area contributed by atoms with E-state index in [1.807, 2.05) is 81.4 Å². The first-order chi connectivity index (χ1) is 14.9. The number of carbonyl (C=O) groups excluding carboxylic acids is 1. The molecule has 3 rings (SSSR count). The fourth-order valence-electron chi connectivity index (χ4n) is 3.54. The molecule has 0 bridgehead atoms. The molecule has 0 spiro atoms. The van der Waals surface area contributed by atoms with Crippen LogP contribution in [0.2, 0.25) is 0 Å². The van der Waals surface area contributed by atoms with Crippen LogP contribution in [0.15, 0.2) is 72.3 Å². The summed E-state index contributed by atoms with van der Waals surface area (Å²) in [6, 6.07) is 20.1. The molecule has 0 saturated heterocycles. The summed E-state index contributed by atoms with van der Waals surface area (Å²) in [6.45, 7) is 7.18. The summed E-state index contributed by atoms with van der Waals surface area (Å²) in [5.41, 5.74) is 2.86. The molecule has 1 amide bonds. The molecule has 1 aliphatic carbocycles. The first-order valence-electron chi connectivity index (χ1n) is 10.8. The Kier molecular flexibility index (Phi) is 8.27. The van der Waals surface area contributed by atoms with E-state index in [9.17, 15) is 4.79 Å². The largest absolute Gasteiger partial charge is 0.444 e. The van der Waals surface area contributed by atoms with Crippen LogP contribution < -0.4 is 5.32 Å². The van der Waals surface area contributed by atoms with E-state index >= 15 is 0 Å². The highest BCUT2D eigenvalue weighted by Gasteiger charge is 2.26. The van der Waals surface area contributed by atoms with E-state index in [2.05, 4.69) is 11.4 Å². The normalized spacial score (nSPS) is 18.9. The first-order valence-corrected chi connectivity index (χ1v) is 10.8. The maximum atomic E-state index is 12.3. The molecule has 0 fully saturated rings. The van der Waals surface area contributed by atoms with Crippen molar-refractivity contribution < 1.29 is 19.0 Å². The van der Waals surface area contributed by atoms with E-state index in [1.54, 1.807) is 0 Å². The molecular formula is C26H33NO4. The summed E-state index contributed by atoms with van der Waals surface area (Å²) in [7, 11) is 0. The quantitative estimate of drug-likeness (QED) is 0.578. The highest BCUT2D eigenvalue weighted by Crippen LogP contribution is 2.23. The minimum Gasteiger partial charge on any atom is -0.444 e. The van der Waals surface area contributed by atoms with Crippen molar-refractivity contribution in [2.24, 2.45) is 0 Å². The molecule has 0 aliphatic heterocycles. The van der Waals surface area contributed by atoms with Gasteiger partial charge in [-0.25, -0.2) is 4.79 Å². The highest BCUT2D eigenvalue weighted by molar-refractivity contribution is 5.68. The van der Waals surface area contributed by atoms with Crippen molar-refractivity contribution in [2.75, 3.05) is 6.61 Å². The van der Waals surface area contributed by atoms with E-state index in [0.717, 1.165) is 23.1 Å². The molecule has 0 saturated carbocycles. The summed E-state index contributed by atoms with van der Waals surface area (Å²) in [5, 5.41) is 3.00. The van der Waals surface area contributed by atoms with Crippen molar-refractivity contribution in [3.05, 3.63) is 83.4 Å². The molecule has 1 aliphatic rings. The standard InChI is InChI=1S/C26H33NO4/c1-26(2,3)31-25(28)27-23-14-22(18-29-17-20-10-6-4-7-11-20)15-24(16-23)30-19-21-12-8-5-9-13-21/h4-13,15,23-24H,14,16-19H2,1-3H3,(H,27,28)/t23-,24?/m1/s1. The molecule has 1 N–H and O–H groups in total. The minimum absolute atomic E-state index is 0.0593. The monoisotopic (exact) mass is 423 g/mol. The lowest BCUT2D eigenvalue weighted by Gasteiger charge is -2.30. The Labute approximate surface area is 185 Å². The smallest absolute Gasteiger partial charge is 0.407 e. The van der Waals surface area contributed by atoms with E-state index in [1.165, 1.54) is 0 Å². The Morgan fingerprint density at radius 2 is 1.55 bits per heavy atom. The molecular weight excluding hydrogens is 390 g/mol. The van der Waals surface area contributed by atoms with E-state index in [-0.39, 0.29) is 12.1 Å². The van der Waals surface area contributed by atoms with Gasteiger partial charge in [-0.3, -0.25) is 0 Å². The van der Waals surface area contributed by atoms with Gasteiger partial charge in [-0.2, -0.15) is 0 Å². The van der Waals surface area contributed by atoms with Crippen LogP contribution in [0.1, 0.15) is 44.7 Å². The average Bonchev–Trinajstić information content (AvgIpc) is 2.72. The number of ether oxygens (including phenoxy) is 3. The van der Waals surface area contributed by atoms with Gasteiger partial charge < -0.3 is 19.5 Å². The van der Waals surface area contributed by atoms with E-state index in [0.29, 0.717) is 26.2 Å². The van der Waals surface area contributed by atoms with Crippen LogP contribution in [0.3, 0.4) is 0 Å². The topological polar surface area (TPSA) is 56.8 Å². The molecule has 2 atom stereocenters. The van der Waals surface area contributed by atoms with Crippen molar-refractivity contribution >= 4 is 6.09 Å². The maximum absolute atomic E-state index is 12.3. The van der Waals surface area contributed by atoms with Crippen molar-refractivity contribution in [2.45, 2.75) is 64.6 Å². The summed E-state index contributed by atoms with van der Waals surface area (Å²) in [6.07, 6.45) is 3.07. The van der Waals surface area contributed by atoms with Crippen LogP contribution in [-0.2, 0) is 27.4 Å². The lowest BCUT2D eigenvalue weighted by Crippen LogP contribution is -2.42. The van der Waals surface area contributed by atoms with Gasteiger partial charge in [0.1, 0.15) is 5.60 Å². The van der Waals surface area contributed by atoms with Gasteiger partial charge in [0.05, 0.1) is 25.9 Å². The predicted octanol–water partition coefficient (Wildman–Crippen LogP) is 5.40. The fraction of sp³-hybridized carbons (Fsp3) is 0.423. The molecule has 0 heterocycles. The van der Waals surface area contributed by atoms with Gasteiger partial charge in [0.2, 0.25) is 0 Å². The van der Waals surface area contributed by atoms with E-state index in [4.69, 9.17) is 14.2 Å². The minimum atomic E-state index is -0.528. The molecule has 5 nitrogen and oxygen atoms in total. The third-order valence-electron chi connectivity index (χ3n) is 4.87. The summed E-state index contributed by atoms with van der Waals surface area (Å²) in [4.78, 5) is 12.3. The van der Waals surface area contributed by atoms with Gasteiger partial charge in [-0.1, -0.05) is 66.7 Å². The number of rotatable bonds is 8. The highest BCUT2D eigenvalue weighted by atomic mass is 16.6. The summed E-state index contributed by atoms with van der Waals surface area (Å²) < 4.78 is 17.5. The maximum Gasteiger partial charge on any atom is 0.407 e. The van der Waals surface area contributed by atoms with Crippen LogP contribution >= 0.6 is 0 Å². The summed E-state index contributed by atoms with van der Waals surface area (Å²) in [5.74, 6) is 0. The third kappa shape index (κ3) is 8.56. The number of hydrogen-bond donors (Lipinski definition) is 1. The molecule has 166 valence electrons. The van der Waals surface area contributed by atoms with Gasteiger partial charge >= 0.3 is 6.09 Å². The Bertz CT molecular complexity index is 843. The fourth-order valence-corrected chi connectivity index (χ4v) is 3.54.